The zero-order valence-corrected chi connectivity index (χ0v) is 10.9. The van der Waals surface area contributed by atoms with Crippen LogP contribution in [0.3, 0.4) is 0 Å². The summed E-state index contributed by atoms with van der Waals surface area (Å²) < 4.78 is 0. The van der Waals surface area contributed by atoms with E-state index in [9.17, 15) is 4.79 Å². The van der Waals surface area contributed by atoms with Crippen LogP contribution in [0.25, 0.3) is 0 Å². The molecule has 0 aliphatic heterocycles. The fourth-order valence-electron chi connectivity index (χ4n) is 1.40. The van der Waals surface area contributed by atoms with E-state index in [2.05, 4.69) is 5.32 Å². The van der Waals surface area contributed by atoms with E-state index in [0.29, 0.717) is 11.6 Å². The molecular formula is C12H15Cl2NO. The van der Waals surface area contributed by atoms with Gasteiger partial charge in [-0.05, 0) is 36.6 Å². The van der Waals surface area contributed by atoms with Gasteiger partial charge < -0.3 is 5.32 Å². The highest BCUT2D eigenvalue weighted by Crippen LogP contribution is 2.26. The van der Waals surface area contributed by atoms with E-state index in [4.69, 9.17) is 23.2 Å². The van der Waals surface area contributed by atoms with Gasteiger partial charge in [0.15, 0.2) is 0 Å². The molecule has 0 saturated carbocycles. The predicted molar refractivity (Wildman–Crippen MR) is 68.1 cm³/mol. The van der Waals surface area contributed by atoms with E-state index in [0.717, 1.165) is 17.5 Å². The van der Waals surface area contributed by atoms with Gasteiger partial charge in [-0.25, -0.2) is 0 Å². The number of halogens is 2. The number of carbonyl (C=O) groups is 1. The Morgan fingerprint density at radius 3 is 2.75 bits per heavy atom. The van der Waals surface area contributed by atoms with Crippen LogP contribution in [-0.2, 0) is 4.79 Å². The average Bonchev–Trinajstić information content (AvgIpc) is 2.25. The molecule has 1 atom stereocenters. The van der Waals surface area contributed by atoms with Crippen molar-refractivity contribution < 1.29 is 4.79 Å². The number of hydrogen-bond acceptors (Lipinski definition) is 1. The first-order chi connectivity index (χ1) is 7.56. The van der Waals surface area contributed by atoms with Crippen LogP contribution in [0.2, 0.25) is 5.02 Å². The third-order valence-electron chi connectivity index (χ3n) is 2.28. The van der Waals surface area contributed by atoms with Gasteiger partial charge in [0.25, 0.3) is 0 Å². The number of hydrogen-bond donors (Lipinski definition) is 1. The van der Waals surface area contributed by atoms with Gasteiger partial charge in [-0.3, -0.25) is 4.79 Å². The Labute approximate surface area is 106 Å². The maximum absolute atomic E-state index is 11.7. The summed E-state index contributed by atoms with van der Waals surface area (Å²) in [5.74, 6) is -0.158. The monoisotopic (exact) mass is 259 g/mol. The normalized spacial score (nSPS) is 12.2. The largest absolute Gasteiger partial charge is 0.355 e. The Hall–Kier alpha value is -0.730. The topological polar surface area (TPSA) is 29.1 Å². The Kier molecular flexibility index (Phi) is 5.10. The molecule has 1 rings (SSSR count). The minimum atomic E-state index is -0.649. The van der Waals surface area contributed by atoms with Crippen molar-refractivity contribution in [3.05, 3.63) is 34.3 Å². The number of aryl methyl sites for hydroxylation is 1. The molecule has 0 saturated heterocycles. The van der Waals surface area contributed by atoms with E-state index >= 15 is 0 Å². The molecule has 1 unspecified atom stereocenters. The second-order valence-corrected chi connectivity index (χ2v) is 4.53. The molecule has 0 aliphatic rings. The van der Waals surface area contributed by atoms with Gasteiger partial charge in [-0.2, -0.15) is 0 Å². The lowest BCUT2D eigenvalue weighted by Gasteiger charge is -2.12. The molecule has 0 spiro atoms. The summed E-state index contributed by atoms with van der Waals surface area (Å²) in [5, 5.41) is 2.77. The smallest absolute Gasteiger partial charge is 0.242 e. The Bertz CT molecular complexity index is 379. The standard InChI is InChI=1S/C12H15Cl2NO/c1-3-6-15-12(16)11(14)10-5-4-9(13)7-8(10)2/h4-5,7,11H,3,6H2,1-2H3,(H,15,16). The first kappa shape index (κ1) is 13.3. The van der Waals surface area contributed by atoms with Gasteiger partial charge in [0, 0.05) is 11.6 Å². The summed E-state index contributed by atoms with van der Waals surface area (Å²) in [6.45, 7) is 4.54. The van der Waals surface area contributed by atoms with Crippen LogP contribution in [0, 0.1) is 6.92 Å². The molecule has 0 aromatic heterocycles. The SMILES string of the molecule is CCCNC(=O)C(Cl)c1ccc(Cl)cc1C. The zero-order chi connectivity index (χ0) is 12.1. The highest BCUT2D eigenvalue weighted by molar-refractivity contribution is 6.32. The minimum absolute atomic E-state index is 0.158. The summed E-state index contributed by atoms with van der Waals surface area (Å²) in [6, 6.07) is 5.34. The van der Waals surface area contributed by atoms with Gasteiger partial charge in [0.05, 0.1) is 0 Å². The van der Waals surface area contributed by atoms with Crippen molar-refractivity contribution in [2.45, 2.75) is 25.6 Å². The molecule has 0 aliphatic carbocycles. The minimum Gasteiger partial charge on any atom is -0.355 e. The molecule has 1 N–H and O–H groups in total. The lowest BCUT2D eigenvalue weighted by Crippen LogP contribution is -2.27. The quantitative estimate of drug-likeness (QED) is 0.825. The number of rotatable bonds is 4. The molecule has 0 fully saturated rings. The fraction of sp³-hybridized carbons (Fsp3) is 0.417. The number of carbonyl (C=O) groups excluding carboxylic acids is 1. The molecule has 1 aromatic carbocycles. The summed E-state index contributed by atoms with van der Waals surface area (Å²) in [7, 11) is 0. The van der Waals surface area contributed by atoms with Crippen molar-refractivity contribution in [2.24, 2.45) is 0 Å². The van der Waals surface area contributed by atoms with Gasteiger partial charge in [-0.15, -0.1) is 11.6 Å². The number of benzene rings is 1. The zero-order valence-electron chi connectivity index (χ0n) is 9.39. The lowest BCUT2D eigenvalue weighted by atomic mass is 10.1. The number of amides is 1. The first-order valence-corrected chi connectivity index (χ1v) is 6.05. The molecule has 0 bridgehead atoms. The Morgan fingerprint density at radius 1 is 1.50 bits per heavy atom. The third-order valence-corrected chi connectivity index (χ3v) is 2.95. The van der Waals surface area contributed by atoms with Crippen molar-refractivity contribution in [1.82, 2.24) is 5.32 Å². The van der Waals surface area contributed by atoms with Crippen molar-refractivity contribution in [3.63, 3.8) is 0 Å². The van der Waals surface area contributed by atoms with Crippen molar-refractivity contribution in [2.75, 3.05) is 6.54 Å². The third kappa shape index (κ3) is 3.39. The molecule has 88 valence electrons. The van der Waals surface area contributed by atoms with E-state index in [-0.39, 0.29) is 5.91 Å². The van der Waals surface area contributed by atoms with Gasteiger partial charge in [0.1, 0.15) is 5.38 Å². The van der Waals surface area contributed by atoms with Crippen LogP contribution in [0.5, 0.6) is 0 Å². The van der Waals surface area contributed by atoms with E-state index in [1.807, 2.05) is 13.8 Å². The van der Waals surface area contributed by atoms with Crippen LogP contribution in [-0.4, -0.2) is 12.5 Å². The molecule has 4 heteroatoms. The second-order valence-electron chi connectivity index (χ2n) is 3.65. The van der Waals surface area contributed by atoms with Crippen LogP contribution < -0.4 is 5.32 Å². The lowest BCUT2D eigenvalue weighted by molar-refractivity contribution is -0.120. The maximum Gasteiger partial charge on any atom is 0.242 e. The molecule has 2 nitrogen and oxygen atoms in total. The highest BCUT2D eigenvalue weighted by Gasteiger charge is 2.18. The van der Waals surface area contributed by atoms with E-state index in [1.54, 1.807) is 18.2 Å². The molecule has 1 aromatic rings. The first-order valence-electron chi connectivity index (χ1n) is 5.24. The van der Waals surface area contributed by atoms with Gasteiger partial charge in [-0.1, -0.05) is 24.6 Å². The summed E-state index contributed by atoms with van der Waals surface area (Å²) in [6.07, 6.45) is 0.898. The Balaban J connectivity index is 2.79. The highest BCUT2D eigenvalue weighted by atomic mass is 35.5. The van der Waals surface area contributed by atoms with E-state index in [1.165, 1.54) is 0 Å². The second kappa shape index (κ2) is 6.12. The number of nitrogens with one attached hydrogen (secondary N) is 1. The van der Waals surface area contributed by atoms with Crippen molar-refractivity contribution in [3.8, 4) is 0 Å². The van der Waals surface area contributed by atoms with Crippen LogP contribution in [0.1, 0.15) is 29.8 Å². The predicted octanol–water partition coefficient (Wildman–Crippen LogP) is 3.45. The summed E-state index contributed by atoms with van der Waals surface area (Å²) in [4.78, 5) is 11.7. The molecule has 1 amide bonds. The van der Waals surface area contributed by atoms with Gasteiger partial charge in [0.2, 0.25) is 5.91 Å². The molecular weight excluding hydrogens is 245 g/mol. The maximum atomic E-state index is 11.7. The number of alkyl halides is 1. The van der Waals surface area contributed by atoms with E-state index < -0.39 is 5.38 Å². The average molecular weight is 260 g/mol. The van der Waals surface area contributed by atoms with Crippen LogP contribution in [0.4, 0.5) is 0 Å². The molecule has 16 heavy (non-hydrogen) atoms. The summed E-state index contributed by atoms with van der Waals surface area (Å²) in [5.41, 5.74) is 1.74. The Morgan fingerprint density at radius 2 is 2.19 bits per heavy atom. The molecule has 0 heterocycles. The van der Waals surface area contributed by atoms with Crippen LogP contribution in [0.15, 0.2) is 18.2 Å². The van der Waals surface area contributed by atoms with Gasteiger partial charge >= 0.3 is 0 Å². The van der Waals surface area contributed by atoms with Crippen molar-refractivity contribution in [1.29, 1.82) is 0 Å². The van der Waals surface area contributed by atoms with Crippen LogP contribution >= 0.6 is 23.2 Å². The summed E-state index contributed by atoms with van der Waals surface area (Å²) >= 11 is 11.9. The fourth-order valence-corrected chi connectivity index (χ4v) is 1.95. The molecule has 0 radical (unpaired) electrons. The van der Waals surface area contributed by atoms with Crippen molar-refractivity contribution >= 4 is 29.1 Å².